The molecule has 0 bridgehead atoms. The van der Waals surface area contributed by atoms with Gasteiger partial charge in [0.25, 0.3) is 0 Å². The Morgan fingerprint density at radius 1 is 1.23 bits per heavy atom. The van der Waals surface area contributed by atoms with Gasteiger partial charge in [0.2, 0.25) is 0 Å². The first-order valence-corrected chi connectivity index (χ1v) is 8.22. The molecule has 0 fully saturated rings. The van der Waals surface area contributed by atoms with Crippen LogP contribution in [-0.2, 0) is 4.74 Å². The molecule has 0 aliphatic heterocycles. The van der Waals surface area contributed by atoms with Gasteiger partial charge >= 0.3 is 0 Å². The summed E-state index contributed by atoms with van der Waals surface area (Å²) in [5.74, 6) is 0. The third-order valence-electron chi connectivity index (χ3n) is 3.27. The summed E-state index contributed by atoms with van der Waals surface area (Å²) in [5, 5.41) is 11.9. The Hall–Kier alpha value is -1.46. The van der Waals surface area contributed by atoms with Gasteiger partial charge in [-0.2, -0.15) is 0 Å². The lowest BCUT2D eigenvalue weighted by Crippen LogP contribution is -2.04. The van der Waals surface area contributed by atoms with Gasteiger partial charge in [-0.3, -0.25) is 0 Å². The van der Waals surface area contributed by atoms with Gasteiger partial charge in [0.05, 0.1) is 5.69 Å². The smallest absolute Gasteiger partial charge is 0.197 e. The van der Waals surface area contributed by atoms with Crippen LogP contribution in [0.15, 0.2) is 58.3 Å². The number of halogens is 1. The fourth-order valence-electron chi connectivity index (χ4n) is 2.30. The number of fused-ring (bicyclic) bond motifs is 1. The van der Waals surface area contributed by atoms with E-state index in [0.717, 1.165) is 20.7 Å². The van der Waals surface area contributed by atoms with Crippen LogP contribution in [0.4, 0.5) is 0 Å². The minimum absolute atomic E-state index is 0.437. The van der Waals surface area contributed by atoms with Gasteiger partial charge in [-0.05, 0) is 31.2 Å². The van der Waals surface area contributed by atoms with E-state index in [1.54, 1.807) is 11.8 Å². The molecule has 0 aliphatic carbocycles. The van der Waals surface area contributed by atoms with E-state index >= 15 is 0 Å². The van der Waals surface area contributed by atoms with Crippen molar-refractivity contribution in [3.63, 3.8) is 0 Å². The topological polar surface area (TPSA) is 45.2 Å². The lowest BCUT2D eigenvalue weighted by Gasteiger charge is -2.11. The summed E-state index contributed by atoms with van der Waals surface area (Å²) in [6, 6.07) is 15.7. The number of aromatic nitrogens is 1. The van der Waals surface area contributed by atoms with Gasteiger partial charge in [-0.1, -0.05) is 47.6 Å². The van der Waals surface area contributed by atoms with Crippen molar-refractivity contribution in [1.29, 1.82) is 0 Å². The summed E-state index contributed by atoms with van der Waals surface area (Å²) < 4.78 is 5.34. The van der Waals surface area contributed by atoms with Crippen LogP contribution in [-0.4, -0.2) is 16.7 Å². The monoisotopic (exact) mass is 333 g/mol. The normalized spacial score (nSPS) is 12.7. The van der Waals surface area contributed by atoms with E-state index in [9.17, 15) is 5.11 Å². The number of ether oxygens (including phenoxy) is 1. The van der Waals surface area contributed by atoms with Crippen molar-refractivity contribution in [3.8, 4) is 0 Å². The van der Waals surface area contributed by atoms with E-state index in [1.165, 1.54) is 0 Å². The molecule has 1 atom stereocenters. The zero-order chi connectivity index (χ0) is 15.5. The van der Waals surface area contributed by atoms with E-state index in [-0.39, 0.29) is 0 Å². The van der Waals surface area contributed by atoms with Crippen molar-refractivity contribution in [2.45, 2.75) is 23.0 Å². The van der Waals surface area contributed by atoms with E-state index in [0.29, 0.717) is 17.3 Å². The zero-order valence-electron chi connectivity index (χ0n) is 12.0. The van der Waals surface area contributed by atoms with Gasteiger partial charge < -0.3 is 14.8 Å². The molecule has 114 valence electrons. The van der Waals surface area contributed by atoms with Crippen LogP contribution in [0, 0.1) is 0 Å². The van der Waals surface area contributed by atoms with Crippen molar-refractivity contribution in [2.24, 2.45) is 0 Å². The molecule has 0 radical (unpaired) electrons. The summed E-state index contributed by atoms with van der Waals surface area (Å²) in [4.78, 5) is 5.29. The SMILES string of the molecule is CCOC(O)c1[nH]c2cc(Cl)ccc2c1Sc1ccccc1. The van der Waals surface area contributed by atoms with Crippen molar-refractivity contribution >= 4 is 34.3 Å². The van der Waals surface area contributed by atoms with Crippen molar-refractivity contribution in [3.05, 3.63) is 59.2 Å². The Morgan fingerprint density at radius 2 is 2.00 bits per heavy atom. The quantitative estimate of drug-likeness (QED) is 0.646. The largest absolute Gasteiger partial charge is 0.363 e. The van der Waals surface area contributed by atoms with Crippen molar-refractivity contribution in [1.82, 2.24) is 4.98 Å². The molecule has 0 aliphatic rings. The number of hydrogen-bond acceptors (Lipinski definition) is 3. The molecule has 0 saturated heterocycles. The Balaban J connectivity index is 2.09. The van der Waals surface area contributed by atoms with Crippen LogP contribution in [0.3, 0.4) is 0 Å². The van der Waals surface area contributed by atoms with Gasteiger partial charge in [0, 0.05) is 32.3 Å². The number of aromatic amines is 1. The maximum Gasteiger partial charge on any atom is 0.197 e. The number of aliphatic hydroxyl groups excluding tert-OH is 1. The Labute approximate surface area is 138 Å². The molecule has 2 aromatic carbocycles. The van der Waals surface area contributed by atoms with Crippen molar-refractivity contribution < 1.29 is 9.84 Å². The van der Waals surface area contributed by atoms with Crippen LogP contribution in [0.1, 0.15) is 18.9 Å². The van der Waals surface area contributed by atoms with Crippen LogP contribution in [0.25, 0.3) is 10.9 Å². The molecule has 3 rings (SSSR count). The number of aliphatic hydroxyl groups is 1. The highest BCUT2D eigenvalue weighted by Crippen LogP contribution is 2.39. The minimum Gasteiger partial charge on any atom is -0.363 e. The van der Waals surface area contributed by atoms with Gasteiger partial charge in [0.1, 0.15) is 0 Å². The number of H-pyrrole nitrogens is 1. The second-order valence-electron chi connectivity index (χ2n) is 4.78. The standard InChI is InChI=1S/C17H16ClNO2S/c1-2-21-17(20)15-16(22-12-6-4-3-5-7-12)13-9-8-11(18)10-14(13)19-15/h3-10,17,19-20H,2H2,1H3. The molecular weight excluding hydrogens is 318 g/mol. The summed E-state index contributed by atoms with van der Waals surface area (Å²) in [6.07, 6.45) is -0.984. The molecule has 3 nitrogen and oxygen atoms in total. The Morgan fingerprint density at radius 3 is 2.73 bits per heavy atom. The molecule has 0 saturated carbocycles. The molecule has 2 N–H and O–H groups in total. The summed E-state index contributed by atoms with van der Waals surface area (Å²) >= 11 is 7.66. The van der Waals surface area contributed by atoms with Gasteiger partial charge in [0.15, 0.2) is 6.29 Å². The number of hydrogen-bond donors (Lipinski definition) is 2. The first-order chi connectivity index (χ1) is 10.7. The third-order valence-corrected chi connectivity index (χ3v) is 4.66. The molecule has 3 aromatic rings. The average molecular weight is 334 g/mol. The van der Waals surface area contributed by atoms with E-state index in [1.807, 2.05) is 55.5 Å². The molecule has 22 heavy (non-hydrogen) atoms. The predicted octanol–water partition coefficient (Wildman–Crippen LogP) is 5.00. The lowest BCUT2D eigenvalue weighted by molar-refractivity contribution is -0.102. The first-order valence-electron chi connectivity index (χ1n) is 7.02. The summed E-state index contributed by atoms with van der Waals surface area (Å²) in [6.45, 7) is 2.29. The molecule has 5 heteroatoms. The molecule has 0 spiro atoms. The minimum atomic E-state index is -0.984. The van der Waals surface area contributed by atoms with Crippen molar-refractivity contribution in [2.75, 3.05) is 6.61 Å². The van der Waals surface area contributed by atoms with Crippen LogP contribution in [0.5, 0.6) is 0 Å². The maximum atomic E-state index is 10.2. The van der Waals surface area contributed by atoms with Gasteiger partial charge in [-0.15, -0.1) is 0 Å². The predicted molar refractivity (Wildman–Crippen MR) is 90.5 cm³/mol. The molecule has 0 amide bonds. The Kier molecular flexibility index (Phi) is 4.74. The third kappa shape index (κ3) is 3.15. The average Bonchev–Trinajstić information content (AvgIpc) is 2.86. The molecule has 1 heterocycles. The highest BCUT2D eigenvalue weighted by molar-refractivity contribution is 7.99. The second-order valence-corrected chi connectivity index (χ2v) is 6.30. The Bertz CT molecular complexity index is 773. The van der Waals surface area contributed by atoms with Crippen LogP contribution >= 0.6 is 23.4 Å². The van der Waals surface area contributed by atoms with E-state index < -0.39 is 6.29 Å². The molecule has 1 unspecified atom stereocenters. The number of benzene rings is 2. The summed E-state index contributed by atoms with van der Waals surface area (Å²) in [5.41, 5.74) is 1.55. The number of nitrogens with one attached hydrogen (secondary N) is 1. The maximum absolute atomic E-state index is 10.2. The molecular formula is C17H16ClNO2S. The first kappa shape index (κ1) is 15.4. The highest BCUT2D eigenvalue weighted by atomic mass is 35.5. The summed E-state index contributed by atoms with van der Waals surface area (Å²) in [7, 11) is 0. The fraction of sp³-hybridized carbons (Fsp3) is 0.176. The number of rotatable bonds is 5. The van der Waals surface area contributed by atoms with E-state index in [2.05, 4.69) is 4.98 Å². The zero-order valence-corrected chi connectivity index (χ0v) is 13.6. The lowest BCUT2D eigenvalue weighted by atomic mass is 10.2. The van der Waals surface area contributed by atoms with Crippen LogP contribution < -0.4 is 0 Å². The van der Waals surface area contributed by atoms with Gasteiger partial charge in [-0.25, -0.2) is 0 Å². The fourth-order valence-corrected chi connectivity index (χ4v) is 3.55. The molecule has 1 aromatic heterocycles. The van der Waals surface area contributed by atoms with E-state index in [4.69, 9.17) is 16.3 Å². The highest BCUT2D eigenvalue weighted by Gasteiger charge is 2.19. The second kappa shape index (κ2) is 6.75. The van der Waals surface area contributed by atoms with Crippen LogP contribution in [0.2, 0.25) is 5.02 Å².